The van der Waals surface area contributed by atoms with E-state index in [-0.39, 0.29) is 11.4 Å². The van der Waals surface area contributed by atoms with E-state index in [1.807, 2.05) is 0 Å². The van der Waals surface area contributed by atoms with Gasteiger partial charge in [-0.05, 0) is 11.8 Å². The molecule has 0 N–H and O–H groups in total. The maximum Gasteiger partial charge on any atom is 0.357 e. The first-order valence-electron chi connectivity index (χ1n) is 5.53. The molecule has 0 aliphatic rings. The fraction of sp³-hybridized carbons (Fsp3) is 0.667. The van der Waals surface area contributed by atoms with E-state index >= 15 is 0 Å². The molecule has 1 rings (SSSR count). The summed E-state index contributed by atoms with van der Waals surface area (Å²) in [6, 6.07) is 0. The first-order valence-corrected chi connectivity index (χ1v) is 6.41. The number of hydrogen-bond donors (Lipinski definition) is 0. The highest BCUT2D eigenvalue weighted by Gasteiger charge is 2.15. The number of methoxy groups -OCH3 is 1. The van der Waals surface area contributed by atoms with Crippen LogP contribution in [0.2, 0.25) is 0 Å². The zero-order valence-electron chi connectivity index (χ0n) is 10.8. The molecule has 0 radical (unpaired) electrons. The second-order valence-electron chi connectivity index (χ2n) is 5.01. The van der Waals surface area contributed by atoms with Crippen LogP contribution in [0, 0.1) is 5.41 Å². The quantitative estimate of drug-likeness (QED) is 0.761. The van der Waals surface area contributed by atoms with E-state index in [4.69, 9.17) is 9.47 Å². The Hall–Kier alpha value is -0.940. The summed E-state index contributed by atoms with van der Waals surface area (Å²) in [6.45, 7) is 7.19. The molecule has 0 atom stereocenters. The molecular weight excluding hydrogens is 238 g/mol. The second-order valence-corrected chi connectivity index (χ2v) is 5.95. The van der Waals surface area contributed by atoms with Gasteiger partial charge in [0.05, 0.1) is 13.2 Å². The molecular formula is C12H19NO3S. The largest absolute Gasteiger partial charge is 0.461 e. The van der Waals surface area contributed by atoms with Gasteiger partial charge in [-0.15, -0.1) is 11.3 Å². The van der Waals surface area contributed by atoms with Gasteiger partial charge >= 0.3 is 5.97 Å². The van der Waals surface area contributed by atoms with Crippen molar-refractivity contribution < 1.29 is 14.3 Å². The molecule has 4 nitrogen and oxygen atoms in total. The molecule has 0 saturated heterocycles. The zero-order chi connectivity index (χ0) is 12.9. The Bertz CT molecular complexity index is 368. The third-order valence-electron chi connectivity index (χ3n) is 2.11. The number of carbonyl (C=O) groups excluding carboxylic acids is 1. The summed E-state index contributed by atoms with van der Waals surface area (Å²) >= 11 is 1.40. The Morgan fingerprint density at radius 3 is 2.76 bits per heavy atom. The summed E-state index contributed by atoms with van der Waals surface area (Å²) in [4.78, 5) is 15.8. The van der Waals surface area contributed by atoms with Crippen LogP contribution in [0.25, 0.3) is 0 Å². The van der Waals surface area contributed by atoms with Crippen molar-refractivity contribution in [3.63, 3.8) is 0 Å². The first kappa shape index (κ1) is 14.1. The predicted octanol–water partition coefficient (Wildman–Crippen LogP) is 2.88. The van der Waals surface area contributed by atoms with Crippen molar-refractivity contribution in [2.45, 2.75) is 33.8 Å². The zero-order valence-corrected chi connectivity index (χ0v) is 11.6. The van der Waals surface area contributed by atoms with E-state index in [0.717, 1.165) is 11.4 Å². The van der Waals surface area contributed by atoms with Crippen molar-refractivity contribution in [3.05, 3.63) is 16.1 Å². The van der Waals surface area contributed by atoms with Gasteiger partial charge < -0.3 is 9.47 Å². The smallest absolute Gasteiger partial charge is 0.357 e. The molecule has 0 aromatic carbocycles. The molecule has 17 heavy (non-hydrogen) atoms. The summed E-state index contributed by atoms with van der Waals surface area (Å²) < 4.78 is 10.1. The molecule has 1 heterocycles. The van der Waals surface area contributed by atoms with Crippen molar-refractivity contribution in [2.75, 3.05) is 13.7 Å². The van der Waals surface area contributed by atoms with Crippen LogP contribution in [0.3, 0.4) is 0 Å². The monoisotopic (exact) mass is 257 g/mol. The van der Waals surface area contributed by atoms with Crippen LogP contribution in [0.5, 0.6) is 0 Å². The average molecular weight is 257 g/mol. The molecule has 0 unspecified atom stereocenters. The van der Waals surface area contributed by atoms with Crippen LogP contribution < -0.4 is 0 Å². The molecule has 5 heteroatoms. The number of nitrogens with zero attached hydrogens (tertiary/aromatic N) is 1. The van der Waals surface area contributed by atoms with E-state index in [1.54, 1.807) is 12.5 Å². The Labute approximate surface area is 106 Å². The summed E-state index contributed by atoms with van der Waals surface area (Å²) in [6.07, 6.45) is 0.841. The van der Waals surface area contributed by atoms with Crippen LogP contribution in [0.1, 0.15) is 42.7 Å². The van der Waals surface area contributed by atoms with Crippen LogP contribution in [-0.4, -0.2) is 24.7 Å². The number of hydrogen-bond acceptors (Lipinski definition) is 5. The summed E-state index contributed by atoms with van der Waals surface area (Å²) in [5, 5.41) is 2.49. The number of thiazole rings is 1. The minimum Gasteiger partial charge on any atom is -0.461 e. The SMILES string of the molecule is COCc1nc(C(=O)OCCC(C)(C)C)cs1. The van der Waals surface area contributed by atoms with Crippen molar-refractivity contribution >= 4 is 17.3 Å². The molecule has 0 aliphatic carbocycles. The van der Waals surface area contributed by atoms with Gasteiger partial charge in [-0.3, -0.25) is 0 Å². The molecule has 0 bridgehead atoms. The first-order chi connectivity index (χ1) is 7.92. The topological polar surface area (TPSA) is 48.4 Å². The number of esters is 1. The fourth-order valence-corrected chi connectivity index (χ4v) is 1.85. The van der Waals surface area contributed by atoms with Gasteiger partial charge in [-0.2, -0.15) is 0 Å². The van der Waals surface area contributed by atoms with Crippen LogP contribution in [0.15, 0.2) is 5.38 Å². The average Bonchev–Trinajstić information content (AvgIpc) is 2.65. The summed E-state index contributed by atoms with van der Waals surface area (Å²) in [7, 11) is 1.60. The second kappa shape index (κ2) is 6.12. The highest BCUT2D eigenvalue weighted by atomic mass is 32.1. The Morgan fingerprint density at radius 2 is 2.18 bits per heavy atom. The highest BCUT2D eigenvalue weighted by molar-refractivity contribution is 7.09. The lowest BCUT2D eigenvalue weighted by Crippen LogP contribution is -2.13. The Morgan fingerprint density at radius 1 is 1.47 bits per heavy atom. The number of carbonyl (C=O) groups is 1. The minimum atomic E-state index is -0.354. The minimum absolute atomic E-state index is 0.170. The van der Waals surface area contributed by atoms with Gasteiger partial charge in [0, 0.05) is 12.5 Å². The molecule has 0 fully saturated rings. The highest BCUT2D eigenvalue weighted by Crippen LogP contribution is 2.18. The molecule has 0 aliphatic heterocycles. The van der Waals surface area contributed by atoms with Crippen LogP contribution in [-0.2, 0) is 16.1 Å². The van der Waals surface area contributed by atoms with Crippen LogP contribution >= 0.6 is 11.3 Å². The van der Waals surface area contributed by atoms with E-state index in [2.05, 4.69) is 25.8 Å². The van der Waals surface area contributed by atoms with Crippen molar-refractivity contribution in [3.8, 4) is 0 Å². The maximum atomic E-state index is 11.6. The molecule has 1 aromatic rings. The maximum absolute atomic E-state index is 11.6. The molecule has 0 amide bonds. The number of rotatable bonds is 5. The molecule has 0 spiro atoms. The summed E-state index contributed by atoms with van der Waals surface area (Å²) in [5.41, 5.74) is 0.541. The van der Waals surface area contributed by atoms with E-state index < -0.39 is 0 Å². The van der Waals surface area contributed by atoms with Gasteiger partial charge in [0.25, 0.3) is 0 Å². The van der Waals surface area contributed by atoms with Crippen molar-refractivity contribution in [2.24, 2.45) is 5.41 Å². The molecule has 1 aromatic heterocycles. The molecule has 96 valence electrons. The predicted molar refractivity (Wildman–Crippen MR) is 67.2 cm³/mol. The number of aromatic nitrogens is 1. The fourth-order valence-electron chi connectivity index (χ4n) is 1.12. The molecule has 0 saturated carbocycles. The Kier molecular flexibility index (Phi) is 5.08. The van der Waals surface area contributed by atoms with E-state index in [0.29, 0.717) is 18.9 Å². The Balaban J connectivity index is 2.41. The lowest BCUT2D eigenvalue weighted by Gasteiger charge is -2.17. The normalized spacial score (nSPS) is 11.5. The lowest BCUT2D eigenvalue weighted by atomic mass is 9.93. The van der Waals surface area contributed by atoms with E-state index in [9.17, 15) is 4.79 Å². The van der Waals surface area contributed by atoms with Crippen molar-refractivity contribution in [1.82, 2.24) is 4.98 Å². The van der Waals surface area contributed by atoms with Gasteiger partial charge in [0.2, 0.25) is 0 Å². The lowest BCUT2D eigenvalue weighted by molar-refractivity contribution is 0.0458. The number of ether oxygens (including phenoxy) is 2. The van der Waals surface area contributed by atoms with Gasteiger partial charge in [-0.25, -0.2) is 9.78 Å². The standard InChI is InChI=1S/C12H19NO3S/c1-12(2,3)5-6-16-11(14)9-8-17-10(13-9)7-15-4/h8H,5-7H2,1-4H3. The van der Waals surface area contributed by atoms with Crippen LogP contribution in [0.4, 0.5) is 0 Å². The third kappa shape index (κ3) is 5.28. The third-order valence-corrected chi connectivity index (χ3v) is 2.94. The van der Waals surface area contributed by atoms with Gasteiger partial charge in [0.15, 0.2) is 5.69 Å². The van der Waals surface area contributed by atoms with Gasteiger partial charge in [-0.1, -0.05) is 20.8 Å². The van der Waals surface area contributed by atoms with Crippen molar-refractivity contribution in [1.29, 1.82) is 0 Å². The summed E-state index contributed by atoms with van der Waals surface area (Å²) in [5.74, 6) is -0.354. The van der Waals surface area contributed by atoms with E-state index in [1.165, 1.54) is 11.3 Å². The van der Waals surface area contributed by atoms with Gasteiger partial charge in [0.1, 0.15) is 5.01 Å².